The van der Waals surface area contributed by atoms with E-state index in [1.54, 1.807) is 6.92 Å². The molecule has 2 fully saturated rings. The van der Waals surface area contributed by atoms with Gasteiger partial charge in [0, 0.05) is 24.3 Å². The number of benzene rings is 1. The summed E-state index contributed by atoms with van der Waals surface area (Å²) in [7, 11) is 0. The van der Waals surface area contributed by atoms with Crippen LogP contribution in [0.5, 0.6) is 0 Å². The number of carbonyl (C=O) groups is 1. The molecular weight excluding hydrogens is 236 g/mol. The van der Waals surface area contributed by atoms with Gasteiger partial charge in [-0.1, -0.05) is 0 Å². The quantitative estimate of drug-likeness (QED) is 0.848. The van der Waals surface area contributed by atoms with Gasteiger partial charge in [0.2, 0.25) is 5.91 Å². The van der Waals surface area contributed by atoms with Crippen molar-refractivity contribution in [1.82, 2.24) is 0 Å². The van der Waals surface area contributed by atoms with Crippen molar-refractivity contribution >= 4 is 17.3 Å². The summed E-state index contributed by atoms with van der Waals surface area (Å²) < 4.78 is 0. The first kappa shape index (κ1) is 12.5. The van der Waals surface area contributed by atoms with Crippen LogP contribution < -0.4 is 10.6 Å². The van der Waals surface area contributed by atoms with E-state index in [-0.39, 0.29) is 5.91 Å². The standard InChI is InChI=1S/C16H22N2O/c1-10-9-14(7-8-15(10)17-11(2)19)18-16(12-3-4-12)13-5-6-13/h7-9,12-13,16,18H,3-6H2,1-2H3,(H,17,19). The van der Waals surface area contributed by atoms with E-state index in [9.17, 15) is 4.79 Å². The zero-order valence-corrected chi connectivity index (χ0v) is 11.7. The molecule has 0 unspecified atom stereocenters. The van der Waals surface area contributed by atoms with Gasteiger partial charge in [0.25, 0.3) is 0 Å². The van der Waals surface area contributed by atoms with Crippen molar-refractivity contribution in [2.75, 3.05) is 10.6 Å². The van der Waals surface area contributed by atoms with E-state index in [0.29, 0.717) is 6.04 Å². The van der Waals surface area contributed by atoms with Crippen LogP contribution in [0.3, 0.4) is 0 Å². The Hall–Kier alpha value is -1.51. The zero-order valence-electron chi connectivity index (χ0n) is 11.7. The third-order valence-corrected chi connectivity index (χ3v) is 4.13. The molecule has 102 valence electrons. The van der Waals surface area contributed by atoms with Crippen molar-refractivity contribution in [1.29, 1.82) is 0 Å². The SMILES string of the molecule is CC(=O)Nc1ccc(NC(C2CC2)C2CC2)cc1C. The minimum absolute atomic E-state index is 0.0161. The average molecular weight is 258 g/mol. The molecule has 0 aliphatic heterocycles. The van der Waals surface area contributed by atoms with Crippen molar-refractivity contribution in [2.24, 2.45) is 11.8 Å². The molecule has 0 saturated heterocycles. The molecule has 0 aromatic heterocycles. The Balaban J connectivity index is 1.70. The van der Waals surface area contributed by atoms with Crippen LogP contribution in [0.15, 0.2) is 18.2 Å². The van der Waals surface area contributed by atoms with E-state index < -0.39 is 0 Å². The van der Waals surface area contributed by atoms with Gasteiger partial charge in [-0.25, -0.2) is 0 Å². The predicted molar refractivity (Wildman–Crippen MR) is 78.3 cm³/mol. The first-order valence-electron chi connectivity index (χ1n) is 7.28. The van der Waals surface area contributed by atoms with Gasteiger partial charge in [-0.3, -0.25) is 4.79 Å². The van der Waals surface area contributed by atoms with Crippen molar-refractivity contribution in [3.05, 3.63) is 23.8 Å². The monoisotopic (exact) mass is 258 g/mol. The highest BCUT2D eigenvalue weighted by Crippen LogP contribution is 2.46. The summed E-state index contributed by atoms with van der Waals surface area (Å²) in [6.45, 7) is 3.58. The largest absolute Gasteiger partial charge is 0.382 e. The van der Waals surface area contributed by atoms with Gasteiger partial charge >= 0.3 is 0 Å². The fraction of sp³-hybridized carbons (Fsp3) is 0.562. The Morgan fingerprint density at radius 3 is 2.32 bits per heavy atom. The van der Waals surface area contributed by atoms with E-state index in [0.717, 1.165) is 23.1 Å². The molecule has 3 heteroatoms. The molecule has 0 bridgehead atoms. The van der Waals surface area contributed by atoms with Gasteiger partial charge < -0.3 is 10.6 Å². The van der Waals surface area contributed by atoms with Crippen molar-refractivity contribution in [3.63, 3.8) is 0 Å². The molecule has 0 heterocycles. The molecule has 3 nitrogen and oxygen atoms in total. The van der Waals surface area contributed by atoms with Gasteiger partial charge in [0.05, 0.1) is 0 Å². The molecule has 2 saturated carbocycles. The lowest BCUT2D eigenvalue weighted by molar-refractivity contribution is -0.114. The number of hydrogen-bond donors (Lipinski definition) is 2. The second kappa shape index (κ2) is 4.87. The fourth-order valence-corrected chi connectivity index (χ4v) is 2.81. The van der Waals surface area contributed by atoms with Crippen molar-refractivity contribution in [3.8, 4) is 0 Å². The van der Waals surface area contributed by atoms with Gasteiger partial charge in [0.15, 0.2) is 0 Å². The second-order valence-corrected chi connectivity index (χ2v) is 6.06. The van der Waals surface area contributed by atoms with Crippen LogP contribution in [0.1, 0.15) is 38.2 Å². The number of nitrogens with one attached hydrogen (secondary N) is 2. The van der Waals surface area contributed by atoms with Gasteiger partial charge in [-0.15, -0.1) is 0 Å². The van der Waals surface area contributed by atoms with Crippen molar-refractivity contribution < 1.29 is 4.79 Å². The number of anilines is 2. The third kappa shape index (κ3) is 3.09. The molecule has 2 aliphatic rings. The van der Waals surface area contributed by atoms with Gasteiger partial charge in [-0.05, 0) is 68.2 Å². The number of rotatable bonds is 5. The Labute approximate surface area is 114 Å². The molecule has 1 aromatic carbocycles. The predicted octanol–water partition coefficient (Wildman–Crippen LogP) is 3.55. The summed E-state index contributed by atoms with van der Waals surface area (Å²) in [4.78, 5) is 11.1. The summed E-state index contributed by atoms with van der Waals surface area (Å²) in [6.07, 6.45) is 5.54. The normalized spacial score (nSPS) is 18.5. The Morgan fingerprint density at radius 2 is 1.84 bits per heavy atom. The maximum absolute atomic E-state index is 11.1. The van der Waals surface area contributed by atoms with E-state index >= 15 is 0 Å². The van der Waals surface area contributed by atoms with Gasteiger partial charge in [-0.2, -0.15) is 0 Å². The summed E-state index contributed by atoms with van der Waals surface area (Å²) in [5.41, 5.74) is 3.22. The van der Waals surface area contributed by atoms with E-state index in [1.807, 2.05) is 13.0 Å². The van der Waals surface area contributed by atoms with Crippen LogP contribution in [-0.2, 0) is 4.79 Å². The molecule has 0 radical (unpaired) electrons. The van der Waals surface area contributed by atoms with Crippen LogP contribution in [-0.4, -0.2) is 11.9 Å². The maximum Gasteiger partial charge on any atom is 0.221 e. The van der Waals surface area contributed by atoms with Crippen molar-refractivity contribution in [2.45, 2.75) is 45.6 Å². The molecule has 2 N–H and O–H groups in total. The zero-order chi connectivity index (χ0) is 13.4. The lowest BCUT2D eigenvalue weighted by Crippen LogP contribution is -2.24. The molecule has 19 heavy (non-hydrogen) atoms. The first-order chi connectivity index (χ1) is 9.13. The highest BCUT2D eigenvalue weighted by atomic mass is 16.1. The Morgan fingerprint density at radius 1 is 1.21 bits per heavy atom. The highest BCUT2D eigenvalue weighted by Gasteiger charge is 2.41. The molecule has 1 amide bonds. The number of hydrogen-bond acceptors (Lipinski definition) is 2. The summed E-state index contributed by atoms with van der Waals surface area (Å²) >= 11 is 0. The smallest absolute Gasteiger partial charge is 0.221 e. The van der Waals surface area contributed by atoms with Crippen LogP contribution >= 0.6 is 0 Å². The van der Waals surface area contributed by atoms with Crippen LogP contribution in [0.2, 0.25) is 0 Å². The summed E-state index contributed by atoms with van der Waals surface area (Å²) in [5, 5.41) is 6.57. The van der Waals surface area contributed by atoms with Gasteiger partial charge in [0.1, 0.15) is 0 Å². The average Bonchev–Trinajstić information content (AvgIpc) is 3.23. The van der Waals surface area contributed by atoms with E-state index in [4.69, 9.17) is 0 Å². The van der Waals surface area contributed by atoms with E-state index in [2.05, 4.69) is 22.8 Å². The maximum atomic E-state index is 11.1. The molecule has 1 aromatic rings. The van der Waals surface area contributed by atoms with Crippen LogP contribution in [0.4, 0.5) is 11.4 Å². The molecular formula is C16H22N2O. The minimum atomic E-state index is -0.0161. The van der Waals surface area contributed by atoms with Crippen LogP contribution in [0.25, 0.3) is 0 Å². The topological polar surface area (TPSA) is 41.1 Å². The highest BCUT2D eigenvalue weighted by molar-refractivity contribution is 5.89. The second-order valence-electron chi connectivity index (χ2n) is 6.06. The Bertz CT molecular complexity index is 478. The summed E-state index contributed by atoms with van der Waals surface area (Å²) in [6, 6.07) is 6.89. The lowest BCUT2D eigenvalue weighted by atomic mass is 10.1. The first-order valence-corrected chi connectivity index (χ1v) is 7.28. The number of carbonyl (C=O) groups excluding carboxylic acids is 1. The minimum Gasteiger partial charge on any atom is -0.382 e. The lowest BCUT2D eigenvalue weighted by Gasteiger charge is -2.20. The molecule has 0 atom stereocenters. The molecule has 2 aliphatic carbocycles. The molecule has 3 rings (SSSR count). The fourth-order valence-electron chi connectivity index (χ4n) is 2.81. The number of amides is 1. The number of aryl methyl sites for hydroxylation is 1. The van der Waals surface area contributed by atoms with Crippen LogP contribution in [0, 0.1) is 18.8 Å². The third-order valence-electron chi connectivity index (χ3n) is 4.13. The molecule has 0 spiro atoms. The Kier molecular flexibility index (Phi) is 3.21. The summed E-state index contributed by atoms with van der Waals surface area (Å²) in [5.74, 6) is 1.77. The van der Waals surface area contributed by atoms with E-state index in [1.165, 1.54) is 31.4 Å².